The third-order valence-corrected chi connectivity index (χ3v) is 6.76. The maximum Gasteiger partial charge on any atom is 0.257 e. The van der Waals surface area contributed by atoms with Crippen LogP contribution in [0.25, 0.3) is 0 Å². The molecule has 2 aliphatic heterocycles. The molecule has 2 aliphatic rings. The van der Waals surface area contributed by atoms with Gasteiger partial charge in [0.1, 0.15) is 36.2 Å². The molecule has 0 aromatic heterocycles. The molecule has 4 unspecified atom stereocenters. The van der Waals surface area contributed by atoms with Crippen molar-refractivity contribution in [3.63, 3.8) is 0 Å². The number of fused-ring (bicyclic) bond motifs is 1. The summed E-state index contributed by atoms with van der Waals surface area (Å²) >= 11 is 1.03. The van der Waals surface area contributed by atoms with E-state index in [1.165, 1.54) is 6.07 Å². The van der Waals surface area contributed by atoms with Crippen molar-refractivity contribution < 1.29 is 27.5 Å². The maximum atomic E-state index is 14.8. The van der Waals surface area contributed by atoms with Gasteiger partial charge in [0, 0.05) is 28.4 Å². The lowest BCUT2D eigenvalue weighted by Crippen LogP contribution is -2.55. The highest BCUT2D eigenvalue weighted by Crippen LogP contribution is 2.50. The number of nitrogens with one attached hydrogen (secondary N) is 1. The van der Waals surface area contributed by atoms with Crippen molar-refractivity contribution in [3.05, 3.63) is 71.3 Å². The first-order chi connectivity index (χ1) is 15.0. The Morgan fingerprint density at radius 3 is 2.71 bits per heavy atom. The third kappa shape index (κ3) is 4.12. The molecule has 2 aromatic rings. The number of nitrogens with zero attached hydrogens (tertiary/aromatic N) is 1. The van der Waals surface area contributed by atoms with Crippen molar-refractivity contribution in [1.82, 2.24) is 5.32 Å². The largest absolute Gasteiger partial charge is 0.368 e. The van der Waals surface area contributed by atoms with Gasteiger partial charge in [-0.1, -0.05) is 36.0 Å². The van der Waals surface area contributed by atoms with Crippen LogP contribution in [-0.4, -0.2) is 42.0 Å². The van der Waals surface area contributed by atoms with Gasteiger partial charge in [0.15, 0.2) is 5.17 Å². The molecule has 0 radical (unpaired) electrons. The highest BCUT2D eigenvalue weighted by Gasteiger charge is 2.53. The van der Waals surface area contributed by atoms with E-state index in [4.69, 9.17) is 4.74 Å². The number of amidine groups is 1. The summed E-state index contributed by atoms with van der Waals surface area (Å²) in [4.78, 5) is 28.5. The van der Waals surface area contributed by atoms with Crippen molar-refractivity contribution in [2.24, 2.45) is 10.9 Å². The normalized spacial score (nSPS) is 27.7. The van der Waals surface area contributed by atoms with Crippen LogP contribution in [0.3, 0.4) is 0 Å². The molecule has 0 spiro atoms. The van der Waals surface area contributed by atoms with Gasteiger partial charge in [-0.15, -0.1) is 0 Å². The predicted molar refractivity (Wildman–Crippen MR) is 111 cm³/mol. The fraction of sp³-hybridized carbons (Fsp3) is 0.318. The van der Waals surface area contributed by atoms with Crippen LogP contribution in [0.15, 0.2) is 53.5 Å². The molecular formula is C22H19F3N2O3S. The van der Waals surface area contributed by atoms with E-state index < -0.39 is 47.0 Å². The standard InChI is InChI=1S/C22H19F3N2O3S/c23-10-19-17-9-15(11-28)30-12-22(17,16-7-6-14(24)8-18(16)25)27-21(31-19)26-20(29)13-4-2-1-3-5-13/h1-8,11,15,17,19H,9-10,12H2,(H,26,27,29). The number of amides is 1. The summed E-state index contributed by atoms with van der Waals surface area (Å²) in [5.74, 6) is -2.64. The Hall–Kier alpha value is -2.65. The molecule has 4 rings (SSSR count). The van der Waals surface area contributed by atoms with Crippen LogP contribution in [0.5, 0.6) is 0 Å². The lowest BCUT2D eigenvalue weighted by molar-refractivity contribution is -0.128. The summed E-state index contributed by atoms with van der Waals surface area (Å²) in [6, 6.07) is 11.5. The SMILES string of the molecule is O=CC1CC2C(CF)SC(NC(=O)c3ccccc3)=NC2(c2ccc(F)cc2F)CO1. The number of alkyl halides is 1. The van der Waals surface area contributed by atoms with Crippen molar-refractivity contribution in [1.29, 1.82) is 0 Å². The molecule has 2 aromatic carbocycles. The number of hydrogen-bond acceptors (Lipinski definition) is 5. The van der Waals surface area contributed by atoms with Crippen LogP contribution in [0, 0.1) is 17.6 Å². The van der Waals surface area contributed by atoms with E-state index in [9.17, 15) is 22.8 Å². The van der Waals surface area contributed by atoms with Crippen LogP contribution < -0.4 is 5.32 Å². The molecule has 162 valence electrons. The number of rotatable bonds is 4. The Morgan fingerprint density at radius 2 is 2.03 bits per heavy atom. The number of benzene rings is 2. The third-order valence-electron chi connectivity index (χ3n) is 5.59. The van der Waals surface area contributed by atoms with Crippen molar-refractivity contribution in [2.45, 2.75) is 23.3 Å². The number of ether oxygens (including phenoxy) is 1. The van der Waals surface area contributed by atoms with Gasteiger partial charge in [-0.2, -0.15) is 0 Å². The minimum atomic E-state index is -1.40. The summed E-state index contributed by atoms with van der Waals surface area (Å²) in [6.07, 6.45) is -0.0148. The van der Waals surface area contributed by atoms with E-state index in [0.29, 0.717) is 11.8 Å². The van der Waals surface area contributed by atoms with E-state index in [1.807, 2.05) is 0 Å². The molecule has 4 atom stereocenters. The summed E-state index contributed by atoms with van der Waals surface area (Å²) < 4.78 is 48.1. The Balaban J connectivity index is 1.78. The molecule has 1 amide bonds. The first-order valence-corrected chi connectivity index (χ1v) is 10.6. The second-order valence-electron chi connectivity index (χ2n) is 7.42. The van der Waals surface area contributed by atoms with Gasteiger partial charge in [-0.25, -0.2) is 18.2 Å². The van der Waals surface area contributed by atoms with E-state index in [0.717, 1.165) is 23.9 Å². The number of aldehydes is 1. The molecule has 5 nitrogen and oxygen atoms in total. The average Bonchev–Trinajstić information content (AvgIpc) is 2.78. The number of aliphatic imine (C=N–C) groups is 1. The topological polar surface area (TPSA) is 67.8 Å². The fourth-order valence-electron chi connectivity index (χ4n) is 4.09. The van der Waals surface area contributed by atoms with E-state index in [-0.39, 0.29) is 23.8 Å². The highest BCUT2D eigenvalue weighted by atomic mass is 32.2. The second-order valence-corrected chi connectivity index (χ2v) is 8.65. The number of thioether (sulfide) groups is 1. The van der Waals surface area contributed by atoms with Crippen LogP contribution in [0.4, 0.5) is 13.2 Å². The van der Waals surface area contributed by atoms with Gasteiger partial charge in [0.2, 0.25) is 0 Å². The fourth-order valence-corrected chi connectivity index (χ4v) is 5.31. The zero-order valence-corrected chi connectivity index (χ0v) is 17.1. The Labute approximate surface area is 181 Å². The molecule has 9 heteroatoms. The summed E-state index contributed by atoms with van der Waals surface area (Å²) in [6.45, 7) is -0.989. The molecule has 0 aliphatic carbocycles. The minimum Gasteiger partial charge on any atom is -0.368 e. The molecule has 1 saturated heterocycles. The van der Waals surface area contributed by atoms with Gasteiger partial charge < -0.3 is 14.8 Å². The number of carbonyl (C=O) groups is 2. The van der Waals surface area contributed by atoms with Crippen LogP contribution >= 0.6 is 11.8 Å². The quantitative estimate of drug-likeness (QED) is 0.726. The van der Waals surface area contributed by atoms with Crippen molar-refractivity contribution >= 4 is 29.1 Å². The number of halogens is 3. The molecule has 0 saturated carbocycles. The van der Waals surface area contributed by atoms with E-state index in [2.05, 4.69) is 10.3 Å². The zero-order valence-electron chi connectivity index (χ0n) is 16.3. The molecule has 2 heterocycles. The van der Waals surface area contributed by atoms with Crippen molar-refractivity contribution in [3.8, 4) is 0 Å². The second kappa shape index (κ2) is 8.84. The molecular weight excluding hydrogens is 429 g/mol. The van der Waals surface area contributed by atoms with E-state index in [1.54, 1.807) is 30.3 Å². The summed E-state index contributed by atoms with van der Waals surface area (Å²) in [5.41, 5.74) is -0.986. The van der Waals surface area contributed by atoms with E-state index >= 15 is 0 Å². The Morgan fingerprint density at radius 1 is 1.26 bits per heavy atom. The highest BCUT2D eigenvalue weighted by molar-refractivity contribution is 8.14. The maximum absolute atomic E-state index is 14.8. The molecule has 0 bridgehead atoms. The lowest BCUT2D eigenvalue weighted by Gasteiger charge is -2.48. The van der Waals surface area contributed by atoms with Gasteiger partial charge in [0.05, 0.1) is 6.61 Å². The van der Waals surface area contributed by atoms with Crippen molar-refractivity contribution in [2.75, 3.05) is 13.3 Å². The first kappa shape index (κ1) is 21.6. The van der Waals surface area contributed by atoms with Gasteiger partial charge >= 0.3 is 0 Å². The first-order valence-electron chi connectivity index (χ1n) is 9.68. The summed E-state index contributed by atoms with van der Waals surface area (Å²) in [5, 5.41) is 2.08. The van der Waals surface area contributed by atoms with Crippen LogP contribution in [0.2, 0.25) is 0 Å². The van der Waals surface area contributed by atoms with Crippen LogP contribution in [0.1, 0.15) is 22.3 Å². The minimum absolute atomic E-state index is 0.0356. The molecule has 1 fully saturated rings. The zero-order chi connectivity index (χ0) is 22.0. The smallest absolute Gasteiger partial charge is 0.257 e. The predicted octanol–water partition coefficient (Wildman–Crippen LogP) is 3.64. The molecule has 1 N–H and O–H groups in total. The lowest BCUT2D eigenvalue weighted by atomic mass is 9.72. The molecule has 31 heavy (non-hydrogen) atoms. The van der Waals surface area contributed by atoms with Crippen LogP contribution in [-0.2, 0) is 15.1 Å². The average molecular weight is 448 g/mol. The number of carbonyl (C=O) groups excluding carboxylic acids is 2. The van der Waals surface area contributed by atoms with Gasteiger partial charge in [-0.3, -0.25) is 4.79 Å². The Bertz CT molecular complexity index is 1020. The number of hydrogen-bond donors (Lipinski definition) is 1. The summed E-state index contributed by atoms with van der Waals surface area (Å²) in [7, 11) is 0. The monoisotopic (exact) mass is 448 g/mol. The Kier molecular flexibility index (Phi) is 6.15. The van der Waals surface area contributed by atoms with Gasteiger partial charge in [0.25, 0.3) is 5.91 Å². The van der Waals surface area contributed by atoms with Gasteiger partial charge in [-0.05, 0) is 24.6 Å².